The molecular formula is C14H15N3O. The second kappa shape index (κ2) is 7.09. The van der Waals surface area contributed by atoms with Crippen LogP contribution in [0.15, 0.2) is 24.3 Å². The van der Waals surface area contributed by atoms with Gasteiger partial charge in [0.05, 0.1) is 24.1 Å². The van der Waals surface area contributed by atoms with Crippen LogP contribution in [0.1, 0.15) is 24.0 Å². The lowest BCUT2D eigenvalue weighted by molar-refractivity contribution is -0.129. The van der Waals surface area contributed by atoms with E-state index in [1.54, 1.807) is 24.1 Å². The van der Waals surface area contributed by atoms with Gasteiger partial charge >= 0.3 is 0 Å². The summed E-state index contributed by atoms with van der Waals surface area (Å²) in [4.78, 5) is 13.3. The van der Waals surface area contributed by atoms with E-state index in [0.29, 0.717) is 31.4 Å². The summed E-state index contributed by atoms with van der Waals surface area (Å²) in [6.45, 7) is 0.475. The highest BCUT2D eigenvalue weighted by Crippen LogP contribution is 2.07. The molecule has 0 aliphatic carbocycles. The molecule has 92 valence electrons. The van der Waals surface area contributed by atoms with Crippen LogP contribution in [0.2, 0.25) is 0 Å². The van der Waals surface area contributed by atoms with Crippen molar-refractivity contribution in [2.75, 3.05) is 13.6 Å². The summed E-state index contributed by atoms with van der Waals surface area (Å²) < 4.78 is 0. The van der Waals surface area contributed by atoms with E-state index in [2.05, 4.69) is 6.07 Å². The molecule has 0 radical (unpaired) electrons. The van der Waals surface area contributed by atoms with Crippen molar-refractivity contribution < 1.29 is 4.79 Å². The van der Waals surface area contributed by atoms with Crippen molar-refractivity contribution in [1.82, 2.24) is 4.90 Å². The molecule has 18 heavy (non-hydrogen) atoms. The second-order valence-electron chi connectivity index (χ2n) is 4.03. The fourth-order valence-electron chi connectivity index (χ4n) is 1.53. The van der Waals surface area contributed by atoms with Gasteiger partial charge in [-0.3, -0.25) is 4.79 Å². The second-order valence-corrected chi connectivity index (χ2v) is 4.03. The fraction of sp³-hybridized carbons (Fsp3) is 0.357. The van der Waals surface area contributed by atoms with Crippen LogP contribution in [0.3, 0.4) is 0 Å². The Morgan fingerprint density at radius 2 is 1.94 bits per heavy atom. The van der Waals surface area contributed by atoms with E-state index < -0.39 is 0 Å². The number of hydrogen-bond donors (Lipinski definition) is 0. The van der Waals surface area contributed by atoms with Gasteiger partial charge < -0.3 is 4.90 Å². The van der Waals surface area contributed by atoms with Gasteiger partial charge in [-0.2, -0.15) is 10.5 Å². The number of hydrogen-bond acceptors (Lipinski definition) is 3. The number of aryl methyl sites for hydroxylation is 1. The Kier molecular flexibility index (Phi) is 5.41. The third-order valence-electron chi connectivity index (χ3n) is 2.70. The first kappa shape index (κ1) is 13.7. The van der Waals surface area contributed by atoms with Crippen molar-refractivity contribution in [3.05, 3.63) is 35.4 Å². The summed E-state index contributed by atoms with van der Waals surface area (Å²) in [6.07, 6.45) is 1.44. The molecule has 0 saturated carbocycles. The average molecular weight is 241 g/mol. The van der Waals surface area contributed by atoms with E-state index in [0.717, 1.165) is 5.56 Å². The Balaban J connectivity index is 2.42. The molecule has 0 aliphatic rings. The standard InChI is InChI=1S/C14H15N3O/c1-17(10-2-9-15)14(18)8-7-12-3-5-13(11-16)6-4-12/h3-6H,2,7-8,10H2,1H3. The molecular weight excluding hydrogens is 226 g/mol. The zero-order valence-corrected chi connectivity index (χ0v) is 10.4. The molecule has 0 aliphatic heterocycles. The van der Waals surface area contributed by atoms with Crippen LogP contribution in [0.4, 0.5) is 0 Å². The quantitative estimate of drug-likeness (QED) is 0.790. The molecule has 1 amide bonds. The van der Waals surface area contributed by atoms with Gasteiger partial charge in [0.25, 0.3) is 0 Å². The van der Waals surface area contributed by atoms with E-state index in [-0.39, 0.29) is 5.91 Å². The largest absolute Gasteiger partial charge is 0.345 e. The van der Waals surface area contributed by atoms with Crippen molar-refractivity contribution in [3.63, 3.8) is 0 Å². The van der Waals surface area contributed by atoms with Crippen LogP contribution in [-0.2, 0) is 11.2 Å². The molecule has 4 heteroatoms. The normalized spacial score (nSPS) is 9.28. The number of benzene rings is 1. The predicted octanol–water partition coefficient (Wildman–Crippen LogP) is 1.86. The van der Waals surface area contributed by atoms with E-state index in [1.807, 2.05) is 18.2 Å². The Morgan fingerprint density at radius 3 is 2.50 bits per heavy atom. The summed E-state index contributed by atoms with van der Waals surface area (Å²) in [7, 11) is 1.71. The molecule has 0 heterocycles. The van der Waals surface area contributed by atoms with Crippen LogP contribution in [0.25, 0.3) is 0 Å². The zero-order valence-electron chi connectivity index (χ0n) is 10.4. The molecule has 4 nitrogen and oxygen atoms in total. The first-order valence-corrected chi connectivity index (χ1v) is 5.77. The van der Waals surface area contributed by atoms with Crippen molar-refractivity contribution in [2.45, 2.75) is 19.3 Å². The third kappa shape index (κ3) is 4.27. The van der Waals surface area contributed by atoms with Gasteiger partial charge in [-0.25, -0.2) is 0 Å². The number of nitriles is 2. The molecule has 0 aromatic heterocycles. The van der Waals surface area contributed by atoms with Gasteiger partial charge in [0.2, 0.25) is 5.91 Å². The highest BCUT2D eigenvalue weighted by molar-refractivity contribution is 5.76. The smallest absolute Gasteiger partial charge is 0.222 e. The maximum Gasteiger partial charge on any atom is 0.222 e. The van der Waals surface area contributed by atoms with E-state index in [4.69, 9.17) is 10.5 Å². The van der Waals surface area contributed by atoms with Crippen molar-refractivity contribution in [2.24, 2.45) is 0 Å². The van der Waals surface area contributed by atoms with Crippen LogP contribution in [-0.4, -0.2) is 24.4 Å². The summed E-state index contributed by atoms with van der Waals surface area (Å²) in [6, 6.07) is 11.3. The Morgan fingerprint density at radius 1 is 1.28 bits per heavy atom. The minimum atomic E-state index is 0.0367. The molecule has 0 atom stereocenters. The molecule has 0 fully saturated rings. The zero-order chi connectivity index (χ0) is 13.4. The van der Waals surface area contributed by atoms with E-state index in [1.165, 1.54) is 0 Å². The number of carbonyl (C=O) groups excluding carboxylic acids is 1. The molecule has 1 aromatic rings. The van der Waals surface area contributed by atoms with Gasteiger partial charge in [-0.15, -0.1) is 0 Å². The minimum Gasteiger partial charge on any atom is -0.345 e. The number of amides is 1. The van der Waals surface area contributed by atoms with Gasteiger partial charge in [0.1, 0.15) is 0 Å². The van der Waals surface area contributed by atoms with Gasteiger partial charge in [-0.1, -0.05) is 12.1 Å². The predicted molar refractivity (Wildman–Crippen MR) is 67.3 cm³/mol. The lowest BCUT2D eigenvalue weighted by atomic mass is 10.1. The van der Waals surface area contributed by atoms with Gasteiger partial charge in [0, 0.05) is 20.0 Å². The Bertz CT molecular complexity index is 479. The first-order valence-electron chi connectivity index (χ1n) is 5.77. The molecule has 0 spiro atoms. The third-order valence-corrected chi connectivity index (χ3v) is 2.70. The SMILES string of the molecule is CN(CCC#N)C(=O)CCc1ccc(C#N)cc1. The van der Waals surface area contributed by atoms with E-state index in [9.17, 15) is 4.79 Å². The lowest BCUT2D eigenvalue weighted by Crippen LogP contribution is -2.27. The lowest BCUT2D eigenvalue weighted by Gasteiger charge is -2.15. The molecule has 0 N–H and O–H groups in total. The first-order chi connectivity index (χ1) is 8.67. The highest BCUT2D eigenvalue weighted by atomic mass is 16.2. The number of nitrogens with zero attached hydrogens (tertiary/aromatic N) is 3. The molecule has 1 aromatic carbocycles. The molecule has 0 bridgehead atoms. The number of rotatable bonds is 5. The topological polar surface area (TPSA) is 67.9 Å². The van der Waals surface area contributed by atoms with E-state index >= 15 is 0 Å². The Labute approximate surface area is 107 Å². The summed E-state index contributed by atoms with van der Waals surface area (Å²) in [5, 5.41) is 17.1. The van der Waals surface area contributed by atoms with Crippen LogP contribution in [0.5, 0.6) is 0 Å². The fourth-order valence-corrected chi connectivity index (χ4v) is 1.53. The van der Waals surface area contributed by atoms with Crippen molar-refractivity contribution >= 4 is 5.91 Å². The minimum absolute atomic E-state index is 0.0367. The summed E-state index contributed by atoms with van der Waals surface area (Å²) in [5.74, 6) is 0.0367. The van der Waals surface area contributed by atoms with Crippen molar-refractivity contribution in [3.8, 4) is 12.1 Å². The van der Waals surface area contributed by atoms with Gasteiger partial charge in [0.15, 0.2) is 0 Å². The monoisotopic (exact) mass is 241 g/mol. The van der Waals surface area contributed by atoms with Crippen LogP contribution >= 0.6 is 0 Å². The highest BCUT2D eigenvalue weighted by Gasteiger charge is 2.08. The molecule has 0 saturated heterocycles. The Hall–Kier alpha value is -2.33. The average Bonchev–Trinajstić information content (AvgIpc) is 2.42. The maximum absolute atomic E-state index is 11.7. The van der Waals surface area contributed by atoms with Gasteiger partial charge in [-0.05, 0) is 24.1 Å². The summed E-state index contributed by atoms with van der Waals surface area (Å²) in [5.41, 5.74) is 1.66. The molecule has 1 rings (SSSR count). The summed E-state index contributed by atoms with van der Waals surface area (Å²) >= 11 is 0. The van der Waals surface area contributed by atoms with Crippen molar-refractivity contribution in [1.29, 1.82) is 10.5 Å². The molecule has 0 unspecified atom stereocenters. The number of carbonyl (C=O) groups is 1. The van der Waals surface area contributed by atoms with Crippen LogP contribution < -0.4 is 0 Å². The maximum atomic E-state index is 11.7. The van der Waals surface area contributed by atoms with Crippen LogP contribution in [0, 0.1) is 22.7 Å².